The van der Waals surface area contributed by atoms with Crippen LogP contribution in [0.4, 0.5) is 0 Å². The molecule has 0 radical (unpaired) electrons. The third kappa shape index (κ3) is 3.72. The van der Waals surface area contributed by atoms with Crippen LogP contribution >= 0.6 is 0 Å². The molecular weight excluding hydrogens is 328 g/mol. The Morgan fingerprint density at radius 1 is 1.19 bits per heavy atom. The molecule has 0 aliphatic rings. The van der Waals surface area contributed by atoms with E-state index in [9.17, 15) is 9.59 Å². The number of rotatable bonds is 5. The summed E-state index contributed by atoms with van der Waals surface area (Å²) in [4.78, 5) is 29.3. The van der Waals surface area contributed by atoms with E-state index in [-0.39, 0.29) is 17.6 Å². The first kappa shape index (κ1) is 17.6. The minimum absolute atomic E-state index is 0.0260. The van der Waals surface area contributed by atoms with E-state index in [0.29, 0.717) is 17.6 Å². The molecule has 0 fully saturated rings. The average molecular weight is 348 g/mol. The highest BCUT2D eigenvalue weighted by molar-refractivity contribution is 5.93. The quantitative estimate of drug-likeness (QED) is 0.661. The number of aryl methyl sites for hydroxylation is 1. The van der Waals surface area contributed by atoms with Crippen molar-refractivity contribution in [3.8, 4) is 0 Å². The van der Waals surface area contributed by atoms with E-state index in [1.54, 1.807) is 23.6 Å². The van der Waals surface area contributed by atoms with Gasteiger partial charge in [0.2, 0.25) is 5.43 Å². The van der Waals surface area contributed by atoms with Gasteiger partial charge in [-0.1, -0.05) is 42.5 Å². The van der Waals surface area contributed by atoms with E-state index in [1.165, 1.54) is 6.20 Å². The first-order chi connectivity index (χ1) is 12.6. The second kappa shape index (κ2) is 7.78. The Morgan fingerprint density at radius 2 is 1.96 bits per heavy atom. The second-order valence-electron chi connectivity index (χ2n) is 5.88. The van der Waals surface area contributed by atoms with Gasteiger partial charge in [-0.05, 0) is 31.5 Å². The van der Waals surface area contributed by atoms with Crippen molar-refractivity contribution >= 4 is 23.1 Å². The summed E-state index contributed by atoms with van der Waals surface area (Å²) in [6, 6.07) is 13.4. The van der Waals surface area contributed by atoms with Gasteiger partial charge in [-0.3, -0.25) is 4.79 Å². The number of carbonyl (C=O) groups is 1. The molecule has 0 amide bonds. The highest BCUT2D eigenvalue weighted by atomic mass is 16.5. The van der Waals surface area contributed by atoms with E-state index < -0.39 is 5.97 Å². The number of ether oxygens (including phenoxy) is 1. The monoisotopic (exact) mass is 348 g/mol. The van der Waals surface area contributed by atoms with Gasteiger partial charge in [-0.15, -0.1) is 0 Å². The lowest BCUT2D eigenvalue weighted by Crippen LogP contribution is -2.21. The first-order valence-electron chi connectivity index (χ1n) is 8.49. The highest BCUT2D eigenvalue weighted by Crippen LogP contribution is 2.12. The number of carbonyl (C=O) groups excluding carboxylic acids is 1. The number of hydrogen-bond donors (Lipinski definition) is 0. The van der Waals surface area contributed by atoms with Gasteiger partial charge in [0.05, 0.1) is 12.0 Å². The second-order valence-corrected chi connectivity index (χ2v) is 5.88. The van der Waals surface area contributed by atoms with Gasteiger partial charge in [0, 0.05) is 18.4 Å². The molecule has 0 bridgehead atoms. The largest absolute Gasteiger partial charge is 0.462 e. The summed E-state index contributed by atoms with van der Waals surface area (Å²) in [7, 11) is 0. The molecule has 3 rings (SSSR count). The molecule has 0 aliphatic carbocycles. The molecule has 3 aromatic rings. The smallest absolute Gasteiger partial charge is 0.343 e. The van der Waals surface area contributed by atoms with Crippen LogP contribution in [0, 0.1) is 6.92 Å². The number of nitrogens with zero attached hydrogens (tertiary/aromatic N) is 2. The lowest BCUT2D eigenvalue weighted by Gasteiger charge is -2.11. The summed E-state index contributed by atoms with van der Waals surface area (Å²) in [5.41, 5.74) is 2.11. The molecule has 0 saturated carbocycles. The van der Waals surface area contributed by atoms with E-state index in [4.69, 9.17) is 4.74 Å². The topological polar surface area (TPSA) is 61.2 Å². The number of allylic oxidation sites excluding steroid dienone is 1. The van der Waals surface area contributed by atoms with Crippen molar-refractivity contribution in [1.29, 1.82) is 0 Å². The average Bonchev–Trinajstić information content (AvgIpc) is 2.64. The lowest BCUT2D eigenvalue weighted by molar-refractivity contribution is 0.0524. The van der Waals surface area contributed by atoms with E-state index in [1.807, 2.05) is 49.4 Å². The van der Waals surface area contributed by atoms with Crippen LogP contribution in [0.2, 0.25) is 0 Å². The number of fused-ring (bicyclic) bond motifs is 1. The minimum Gasteiger partial charge on any atom is -0.462 e. The Hall–Kier alpha value is -3.21. The van der Waals surface area contributed by atoms with Crippen LogP contribution in [0.5, 0.6) is 0 Å². The third-order valence-electron chi connectivity index (χ3n) is 3.97. The van der Waals surface area contributed by atoms with Crippen molar-refractivity contribution in [2.45, 2.75) is 20.4 Å². The molecule has 26 heavy (non-hydrogen) atoms. The van der Waals surface area contributed by atoms with Crippen LogP contribution in [0.3, 0.4) is 0 Å². The van der Waals surface area contributed by atoms with Crippen LogP contribution in [-0.2, 0) is 11.3 Å². The third-order valence-corrected chi connectivity index (χ3v) is 3.97. The van der Waals surface area contributed by atoms with Crippen molar-refractivity contribution in [3.63, 3.8) is 0 Å². The summed E-state index contributed by atoms with van der Waals surface area (Å²) in [5.74, 6) is -0.610. The van der Waals surface area contributed by atoms with Crippen LogP contribution in [0.1, 0.15) is 28.5 Å². The maximum atomic E-state index is 12.6. The summed E-state index contributed by atoms with van der Waals surface area (Å²) in [5, 5.41) is 0.411. The van der Waals surface area contributed by atoms with Gasteiger partial charge in [-0.25, -0.2) is 9.78 Å². The molecule has 0 atom stereocenters. The zero-order valence-corrected chi connectivity index (χ0v) is 14.8. The number of benzene rings is 1. The van der Waals surface area contributed by atoms with Crippen LogP contribution in [-0.4, -0.2) is 22.1 Å². The number of aromatic nitrogens is 2. The summed E-state index contributed by atoms with van der Waals surface area (Å²) >= 11 is 0. The van der Waals surface area contributed by atoms with Crippen LogP contribution in [0.25, 0.3) is 17.1 Å². The molecule has 0 unspecified atom stereocenters. The fourth-order valence-corrected chi connectivity index (χ4v) is 2.72. The summed E-state index contributed by atoms with van der Waals surface area (Å²) in [6.45, 7) is 4.28. The predicted molar refractivity (Wildman–Crippen MR) is 102 cm³/mol. The summed E-state index contributed by atoms with van der Waals surface area (Å²) in [6.07, 6.45) is 5.49. The number of hydrogen-bond acceptors (Lipinski definition) is 4. The number of esters is 1. The molecule has 1 aromatic carbocycles. The SMILES string of the molecule is CCOC(=O)c1cn(C/C=C\c2ccccc2)c2nc(C)ccc2c1=O. The Balaban J connectivity index is 2.05. The van der Waals surface area contributed by atoms with Crippen molar-refractivity contribution in [2.24, 2.45) is 0 Å². The zero-order valence-electron chi connectivity index (χ0n) is 14.8. The van der Waals surface area contributed by atoms with Crippen molar-refractivity contribution in [1.82, 2.24) is 9.55 Å². The Kier molecular flexibility index (Phi) is 5.27. The standard InChI is InChI=1S/C21H20N2O3/c1-3-26-21(25)18-14-23(13-7-10-16-8-5-4-6-9-16)20-17(19(18)24)12-11-15(2)22-20/h4-12,14H,3,13H2,1-2H3/b10-7-. The Bertz CT molecular complexity index is 1020. The molecule has 0 saturated heterocycles. The number of pyridine rings is 2. The van der Waals surface area contributed by atoms with E-state index in [2.05, 4.69) is 4.98 Å². The van der Waals surface area contributed by atoms with Crippen LogP contribution < -0.4 is 5.43 Å². The van der Waals surface area contributed by atoms with Gasteiger partial charge < -0.3 is 9.30 Å². The molecule has 0 aliphatic heterocycles. The molecule has 5 heteroatoms. The molecular formula is C21H20N2O3. The first-order valence-corrected chi connectivity index (χ1v) is 8.49. The van der Waals surface area contributed by atoms with E-state index >= 15 is 0 Å². The molecule has 5 nitrogen and oxygen atoms in total. The minimum atomic E-state index is -0.610. The van der Waals surface area contributed by atoms with Crippen LogP contribution in [0.15, 0.2) is 59.5 Å². The van der Waals surface area contributed by atoms with Gasteiger partial charge in [-0.2, -0.15) is 0 Å². The molecule has 132 valence electrons. The maximum absolute atomic E-state index is 12.6. The van der Waals surface area contributed by atoms with E-state index in [0.717, 1.165) is 11.3 Å². The zero-order chi connectivity index (χ0) is 18.5. The summed E-state index contributed by atoms with van der Waals surface area (Å²) < 4.78 is 6.82. The van der Waals surface area contributed by atoms with Crippen molar-refractivity contribution in [2.75, 3.05) is 6.61 Å². The maximum Gasteiger partial charge on any atom is 0.343 e. The molecule has 2 heterocycles. The molecule has 0 N–H and O–H groups in total. The van der Waals surface area contributed by atoms with Gasteiger partial charge in [0.1, 0.15) is 11.2 Å². The van der Waals surface area contributed by atoms with Gasteiger partial charge >= 0.3 is 5.97 Å². The molecule has 0 spiro atoms. The lowest BCUT2D eigenvalue weighted by atomic mass is 10.1. The van der Waals surface area contributed by atoms with Crippen molar-refractivity contribution < 1.29 is 9.53 Å². The van der Waals surface area contributed by atoms with Crippen molar-refractivity contribution in [3.05, 3.63) is 81.8 Å². The van der Waals surface area contributed by atoms with Gasteiger partial charge in [0.25, 0.3) is 0 Å². The predicted octanol–water partition coefficient (Wildman–Crippen LogP) is 3.60. The Morgan fingerprint density at radius 3 is 2.69 bits per heavy atom. The normalized spacial score (nSPS) is 11.2. The Labute approximate surface area is 151 Å². The highest BCUT2D eigenvalue weighted by Gasteiger charge is 2.16. The fraction of sp³-hybridized carbons (Fsp3) is 0.190. The fourth-order valence-electron chi connectivity index (χ4n) is 2.72. The molecule has 2 aromatic heterocycles. The van der Waals surface area contributed by atoms with Gasteiger partial charge in [0.15, 0.2) is 0 Å².